The van der Waals surface area contributed by atoms with E-state index in [1.807, 2.05) is 25.1 Å². The van der Waals surface area contributed by atoms with Gasteiger partial charge in [0.2, 0.25) is 5.91 Å². The van der Waals surface area contributed by atoms with Crippen molar-refractivity contribution in [3.8, 4) is 0 Å². The van der Waals surface area contributed by atoms with Crippen LogP contribution in [0.4, 0.5) is 5.69 Å². The average molecular weight is 291 g/mol. The Morgan fingerprint density at radius 2 is 1.95 bits per heavy atom. The van der Waals surface area contributed by atoms with Gasteiger partial charge in [0.1, 0.15) is 0 Å². The Morgan fingerprint density at radius 1 is 1.19 bits per heavy atom. The maximum Gasteiger partial charge on any atom is 0.251 e. The summed E-state index contributed by atoms with van der Waals surface area (Å²) in [5.41, 5.74) is 7.84. The molecule has 0 aromatic heterocycles. The van der Waals surface area contributed by atoms with E-state index >= 15 is 0 Å². The number of benzene rings is 1. The lowest BCUT2D eigenvalue weighted by atomic mass is 10.1. The van der Waals surface area contributed by atoms with Crippen LogP contribution in [0.3, 0.4) is 0 Å². The molecule has 0 aliphatic heterocycles. The normalized spacial score (nSPS) is 10.2. The second-order valence-corrected chi connectivity index (χ2v) is 5.14. The van der Waals surface area contributed by atoms with Crippen molar-refractivity contribution >= 4 is 17.5 Å². The first kappa shape index (κ1) is 17.0. The molecule has 0 fully saturated rings. The lowest BCUT2D eigenvalue weighted by Gasteiger charge is -2.10. The third-order valence-corrected chi connectivity index (χ3v) is 3.19. The molecule has 0 saturated heterocycles. The van der Waals surface area contributed by atoms with E-state index < -0.39 is 0 Å². The van der Waals surface area contributed by atoms with Crippen molar-refractivity contribution in [2.75, 3.05) is 18.4 Å². The predicted octanol–water partition coefficient (Wildman–Crippen LogP) is 2.20. The van der Waals surface area contributed by atoms with Gasteiger partial charge in [-0.1, -0.05) is 6.92 Å². The number of amides is 2. The summed E-state index contributed by atoms with van der Waals surface area (Å²) >= 11 is 0. The number of unbranched alkanes of at least 4 members (excludes halogenated alkanes) is 1. The summed E-state index contributed by atoms with van der Waals surface area (Å²) in [6.07, 6.45) is 2.89. The van der Waals surface area contributed by atoms with Crippen molar-refractivity contribution in [1.82, 2.24) is 5.32 Å². The molecule has 2 amide bonds. The largest absolute Gasteiger partial charge is 0.385 e. The van der Waals surface area contributed by atoms with Crippen LogP contribution in [0.15, 0.2) is 18.2 Å². The number of primary amides is 1. The number of hydrogen-bond acceptors (Lipinski definition) is 3. The van der Waals surface area contributed by atoms with Crippen LogP contribution in [0.25, 0.3) is 0 Å². The lowest BCUT2D eigenvalue weighted by Crippen LogP contribution is -2.24. The fraction of sp³-hybridized carbons (Fsp3) is 0.500. The van der Waals surface area contributed by atoms with E-state index in [1.54, 1.807) is 0 Å². The molecule has 0 bridgehead atoms. The number of carbonyl (C=O) groups excluding carboxylic acids is 2. The van der Waals surface area contributed by atoms with E-state index in [1.165, 1.54) is 0 Å². The van der Waals surface area contributed by atoms with Crippen LogP contribution >= 0.6 is 0 Å². The molecule has 1 aromatic carbocycles. The van der Waals surface area contributed by atoms with Crippen LogP contribution in [0, 0.1) is 6.92 Å². The van der Waals surface area contributed by atoms with Crippen molar-refractivity contribution in [2.45, 2.75) is 39.5 Å². The van der Waals surface area contributed by atoms with Crippen LogP contribution in [0.5, 0.6) is 0 Å². The van der Waals surface area contributed by atoms with Gasteiger partial charge in [-0.25, -0.2) is 0 Å². The van der Waals surface area contributed by atoms with E-state index in [4.69, 9.17) is 5.73 Å². The van der Waals surface area contributed by atoms with Gasteiger partial charge in [-0.05, 0) is 49.9 Å². The quantitative estimate of drug-likeness (QED) is 0.610. The van der Waals surface area contributed by atoms with E-state index in [9.17, 15) is 9.59 Å². The summed E-state index contributed by atoms with van der Waals surface area (Å²) in [5, 5.41) is 6.17. The minimum absolute atomic E-state index is 0.0841. The maximum absolute atomic E-state index is 12.0. The first-order chi connectivity index (χ1) is 10.0. The summed E-state index contributed by atoms with van der Waals surface area (Å²) in [5.74, 6) is -0.383. The standard InChI is InChI=1S/C16H25N3O2/c1-3-9-18-14-8-7-13(11-12(14)2)16(21)19-10-5-4-6-15(17)20/h7-8,11,18H,3-6,9-10H2,1-2H3,(H2,17,20)(H,19,21). The molecule has 0 spiro atoms. The molecule has 5 heteroatoms. The van der Waals surface area contributed by atoms with Gasteiger partial charge in [0.05, 0.1) is 0 Å². The molecule has 0 aliphatic carbocycles. The zero-order valence-corrected chi connectivity index (χ0v) is 12.9. The van der Waals surface area contributed by atoms with Gasteiger partial charge in [0.25, 0.3) is 5.91 Å². The van der Waals surface area contributed by atoms with Gasteiger partial charge in [-0.15, -0.1) is 0 Å². The van der Waals surface area contributed by atoms with E-state index in [0.717, 1.165) is 30.6 Å². The third-order valence-electron chi connectivity index (χ3n) is 3.19. The fourth-order valence-corrected chi connectivity index (χ4v) is 1.99. The predicted molar refractivity (Wildman–Crippen MR) is 85.3 cm³/mol. The molecule has 0 radical (unpaired) electrons. The highest BCUT2D eigenvalue weighted by molar-refractivity contribution is 5.94. The van der Waals surface area contributed by atoms with Gasteiger partial charge in [0, 0.05) is 30.8 Å². The minimum Gasteiger partial charge on any atom is -0.385 e. The summed E-state index contributed by atoms with van der Waals surface area (Å²) < 4.78 is 0. The summed E-state index contributed by atoms with van der Waals surface area (Å²) in [6.45, 7) is 5.58. The molecular weight excluding hydrogens is 266 g/mol. The van der Waals surface area contributed by atoms with Gasteiger partial charge >= 0.3 is 0 Å². The second-order valence-electron chi connectivity index (χ2n) is 5.14. The monoisotopic (exact) mass is 291 g/mol. The van der Waals surface area contributed by atoms with Crippen molar-refractivity contribution in [3.63, 3.8) is 0 Å². The zero-order chi connectivity index (χ0) is 15.7. The Hall–Kier alpha value is -2.04. The summed E-state index contributed by atoms with van der Waals surface area (Å²) in [7, 11) is 0. The van der Waals surface area contributed by atoms with Gasteiger partial charge in [0.15, 0.2) is 0 Å². The second kappa shape index (κ2) is 9.00. The molecule has 116 valence electrons. The average Bonchev–Trinajstić information content (AvgIpc) is 2.45. The number of aryl methyl sites for hydroxylation is 1. The van der Waals surface area contributed by atoms with Crippen LogP contribution < -0.4 is 16.4 Å². The molecule has 4 N–H and O–H groups in total. The van der Waals surface area contributed by atoms with Crippen LogP contribution in [-0.4, -0.2) is 24.9 Å². The van der Waals surface area contributed by atoms with Crippen LogP contribution in [0.1, 0.15) is 48.5 Å². The zero-order valence-electron chi connectivity index (χ0n) is 12.9. The van der Waals surface area contributed by atoms with Crippen LogP contribution in [0.2, 0.25) is 0 Å². The fourth-order valence-electron chi connectivity index (χ4n) is 1.99. The van der Waals surface area contributed by atoms with Crippen LogP contribution in [-0.2, 0) is 4.79 Å². The summed E-state index contributed by atoms with van der Waals surface area (Å²) in [4.78, 5) is 22.6. The molecule has 0 aliphatic rings. The Balaban J connectivity index is 2.43. The number of carbonyl (C=O) groups is 2. The molecule has 1 rings (SSSR count). The topological polar surface area (TPSA) is 84.2 Å². The minimum atomic E-state index is -0.299. The Labute approximate surface area is 126 Å². The molecule has 0 atom stereocenters. The van der Waals surface area contributed by atoms with Crippen molar-refractivity contribution in [3.05, 3.63) is 29.3 Å². The number of hydrogen-bond donors (Lipinski definition) is 3. The molecule has 1 aromatic rings. The van der Waals surface area contributed by atoms with Gasteiger partial charge in [-0.3, -0.25) is 9.59 Å². The molecule has 5 nitrogen and oxygen atoms in total. The highest BCUT2D eigenvalue weighted by Crippen LogP contribution is 2.16. The Kier molecular flexibility index (Phi) is 7.29. The molecule has 21 heavy (non-hydrogen) atoms. The Morgan fingerprint density at radius 3 is 2.57 bits per heavy atom. The maximum atomic E-state index is 12.0. The highest BCUT2D eigenvalue weighted by Gasteiger charge is 2.07. The first-order valence-electron chi connectivity index (χ1n) is 7.45. The third kappa shape index (κ3) is 6.29. The SMILES string of the molecule is CCCNc1ccc(C(=O)NCCCCC(N)=O)cc1C. The lowest BCUT2D eigenvalue weighted by molar-refractivity contribution is -0.118. The van der Waals surface area contributed by atoms with Crippen molar-refractivity contribution < 1.29 is 9.59 Å². The Bertz CT molecular complexity index is 486. The first-order valence-corrected chi connectivity index (χ1v) is 7.45. The van der Waals surface area contributed by atoms with E-state index in [0.29, 0.717) is 24.9 Å². The smallest absolute Gasteiger partial charge is 0.251 e. The highest BCUT2D eigenvalue weighted by atomic mass is 16.2. The van der Waals surface area contributed by atoms with Crippen molar-refractivity contribution in [1.29, 1.82) is 0 Å². The van der Waals surface area contributed by atoms with Gasteiger partial charge in [-0.2, -0.15) is 0 Å². The van der Waals surface area contributed by atoms with E-state index in [-0.39, 0.29) is 11.8 Å². The van der Waals surface area contributed by atoms with E-state index in [2.05, 4.69) is 17.6 Å². The number of nitrogens with two attached hydrogens (primary N) is 1. The molecular formula is C16H25N3O2. The molecule has 0 unspecified atom stereocenters. The number of anilines is 1. The van der Waals surface area contributed by atoms with Crippen molar-refractivity contribution in [2.24, 2.45) is 5.73 Å². The molecule has 0 saturated carbocycles. The van der Waals surface area contributed by atoms with Gasteiger partial charge < -0.3 is 16.4 Å². The molecule has 0 heterocycles. The summed E-state index contributed by atoms with van der Waals surface area (Å²) in [6, 6.07) is 5.65. The number of rotatable bonds is 9. The number of nitrogens with one attached hydrogen (secondary N) is 2.